The monoisotopic (exact) mass is 296 g/mol. The molecule has 1 saturated heterocycles. The van der Waals surface area contributed by atoms with Gasteiger partial charge in [0.15, 0.2) is 0 Å². The van der Waals surface area contributed by atoms with Crippen LogP contribution in [0.3, 0.4) is 0 Å². The lowest BCUT2D eigenvalue weighted by Gasteiger charge is -2.18. The Morgan fingerprint density at radius 1 is 0.773 bits per heavy atom. The van der Waals surface area contributed by atoms with Crippen LogP contribution in [-0.2, 0) is 0 Å². The van der Waals surface area contributed by atoms with Crippen molar-refractivity contribution in [1.29, 1.82) is 0 Å². The first-order valence-electron chi connectivity index (χ1n) is 7.92. The van der Waals surface area contributed by atoms with E-state index in [-0.39, 0.29) is 0 Å². The minimum absolute atomic E-state index is 1.08. The summed E-state index contributed by atoms with van der Waals surface area (Å²) in [6, 6.07) is 15.0. The van der Waals surface area contributed by atoms with Crippen molar-refractivity contribution in [3.05, 3.63) is 42.5 Å². The third-order valence-electron chi connectivity index (χ3n) is 4.19. The van der Waals surface area contributed by atoms with Gasteiger partial charge in [-0.3, -0.25) is 0 Å². The van der Waals surface area contributed by atoms with E-state index in [2.05, 4.69) is 63.3 Å². The summed E-state index contributed by atoms with van der Waals surface area (Å²) in [6.07, 6.45) is 2.62. The first-order chi connectivity index (χ1) is 10.8. The van der Waals surface area contributed by atoms with Gasteiger partial charge < -0.3 is 20.9 Å². The molecular formula is C18H24N4. The van der Waals surface area contributed by atoms with Crippen LogP contribution in [0.1, 0.15) is 12.8 Å². The molecule has 0 amide bonds. The molecule has 1 fully saturated rings. The SMILES string of the molecule is CNc1ccc(Nc2ccc(N3CCCC3)cc2)cc1NC. The summed E-state index contributed by atoms with van der Waals surface area (Å²) in [6.45, 7) is 2.37. The Hall–Kier alpha value is -2.36. The smallest absolute Gasteiger partial charge is 0.0594 e. The second-order valence-corrected chi connectivity index (χ2v) is 5.63. The summed E-state index contributed by atoms with van der Waals surface area (Å²) < 4.78 is 0. The zero-order chi connectivity index (χ0) is 15.4. The first-order valence-corrected chi connectivity index (χ1v) is 7.92. The van der Waals surface area contributed by atoms with Crippen molar-refractivity contribution in [2.45, 2.75) is 12.8 Å². The van der Waals surface area contributed by atoms with Crippen molar-refractivity contribution in [3.63, 3.8) is 0 Å². The zero-order valence-electron chi connectivity index (χ0n) is 13.3. The fourth-order valence-electron chi connectivity index (χ4n) is 2.94. The van der Waals surface area contributed by atoms with Crippen LogP contribution in [0.2, 0.25) is 0 Å². The highest BCUT2D eigenvalue weighted by molar-refractivity contribution is 5.75. The molecule has 116 valence electrons. The Kier molecular flexibility index (Phi) is 4.37. The van der Waals surface area contributed by atoms with Crippen LogP contribution in [0.15, 0.2) is 42.5 Å². The van der Waals surface area contributed by atoms with Gasteiger partial charge in [-0.05, 0) is 55.3 Å². The molecule has 4 heteroatoms. The number of hydrogen-bond acceptors (Lipinski definition) is 4. The van der Waals surface area contributed by atoms with Crippen LogP contribution in [0, 0.1) is 0 Å². The third-order valence-corrected chi connectivity index (χ3v) is 4.19. The molecule has 22 heavy (non-hydrogen) atoms. The topological polar surface area (TPSA) is 39.3 Å². The molecule has 1 aliphatic rings. The maximum Gasteiger partial charge on any atom is 0.0594 e. The Labute approximate surface area is 132 Å². The average molecular weight is 296 g/mol. The van der Waals surface area contributed by atoms with Gasteiger partial charge in [-0.25, -0.2) is 0 Å². The van der Waals surface area contributed by atoms with E-state index in [9.17, 15) is 0 Å². The molecule has 2 aromatic carbocycles. The van der Waals surface area contributed by atoms with Crippen molar-refractivity contribution in [2.24, 2.45) is 0 Å². The van der Waals surface area contributed by atoms with Crippen LogP contribution in [0.4, 0.5) is 28.4 Å². The van der Waals surface area contributed by atoms with E-state index >= 15 is 0 Å². The van der Waals surface area contributed by atoms with E-state index in [0.29, 0.717) is 0 Å². The molecule has 0 aliphatic carbocycles. The zero-order valence-corrected chi connectivity index (χ0v) is 13.3. The van der Waals surface area contributed by atoms with Gasteiger partial charge in [0.25, 0.3) is 0 Å². The van der Waals surface area contributed by atoms with Crippen LogP contribution in [0.25, 0.3) is 0 Å². The number of rotatable bonds is 5. The van der Waals surface area contributed by atoms with Gasteiger partial charge in [-0.15, -0.1) is 0 Å². The minimum atomic E-state index is 1.08. The Morgan fingerprint density at radius 3 is 2.05 bits per heavy atom. The number of nitrogens with zero attached hydrogens (tertiary/aromatic N) is 1. The first kappa shape index (κ1) is 14.6. The summed E-state index contributed by atoms with van der Waals surface area (Å²) in [5.74, 6) is 0. The molecule has 3 rings (SSSR count). The van der Waals surface area contributed by atoms with Crippen LogP contribution >= 0.6 is 0 Å². The van der Waals surface area contributed by atoms with Crippen LogP contribution in [-0.4, -0.2) is 27.2 Å². The van der Waals surface area contributed by atoms with Crippen LogP contribution < -0.4 is 20.9 Å². The fraction of sp³-hybridized carbons (Fsp3) is 0.333. The molecule has 0 bridgehead atoms. The van der Waals surface area contributed by atoms with Gasteiger partial charge in [-0.2, -0.15) is 0 Å². The molecule has 0 aromatic heterocycles. The standard InChI is InChI=1S/C18H24N4/c1-19-17-10-7-15(13-18(17)20-2)21-14-5-8-16(9-6-14)22-11-3-4-12-22/h5-10,13,19-21H,3-4,11-12H2,1-2H3. The van der Waals surface area contributed by atoms with Crippen molar-refractivity contribution in [1.82, 2.24) is 0 Å². The Morgan fingerprint density at radius 2 is 1.41 bits per heavy atom. The summed E-state index contributed by atoms with van der Waals surface area (Å²) in [7, 11) is 3.87. The van der Waals surface area contributed by atoms with Crippen molar-refractivity contribution in [3.8, 4) is 0 Å². The van der Waals surface area contributed by atoms with E-state index in [1.54, 1.807) is 0 Å². The Bertz CT molecular complexity index is 615. The molecule has 4 nitrogen and oxygen atoms in total. The number of benzene rings is 2. The molecule has 1 aliphatic heterocycles. The summed E-state index contributed by atoms with van der Waals surface area (Å²) in [5.41, 5.74) is 5.70. The van der Waals surface area contributed by atoms with Gasteiger partial charge in [-0.1, -0.05) is 0 Å². The van der Waals surface area contributed by atoms with Gasteiger partial charge in [0, 0.05) is 44.2 Å². The molecule has 3 N–H and O–H groups in total. The maximum atomic E-state index is 3.46. The van der Waals surface area contributed by atoms with E-state index in [0.717, 1.165) is 22.7 Å². The second-order valence-electron chi connectivity index (χ2n) is 5.63. The van der Waals surface area contributed by atoms with Crippen molar-refractivity contribution >= 4 is 28.4 Å². The molecule has 0 spiro atoms. The van der Waals surface area contributed by atoms with E-state index in [1.165, 1.54) is 31.6 Å². The summed E-state index contributed by atoms with van der Waals surface area (Å²) in [4.78, 5) is 2.45. The summed E-state index contributed by atoms with van der Waals surface area (Å²) >= 11 is 0. The highest BCUT2D eigenvalue weighted by Gasteiger charge is 2.11. The van der Waals surface area contributed by atoms with E-state index in [1.807, 2.05) is 14.1 Å². The lowest BCUT2D eigenvalue weighted by molar-refractivity contribution is 0.949. The number of hydrogen-bond donors (Lipinski definition) is 3. The van der Waals surface area contributed by atoms with E-state index < -0.39 is 0 Å². The Balaban J connectivity index is 1.72. The maximum absolute atomic E-state index is 3.46. The lowest BCUT2D eigenvalue weighted by atomic mass is 10.2. The van der Waals surface area contributed by atoms with Gasteiger partial charge >= 0.3 is 0 Å². The van der Waals surface area contributed by atoms with Crippen molar-refractivity contribution in [2.75, 3.05) is 48.0 Å². The van der Waals surface area contributed by atoms with E-state index in [4.69, 9.17) is 0 Å². The third kappa shape index (κ3) is 3.11. The summed E-state index contributed by atoms with van der Waals surface area (Å²) in [5, 5.41) is 9.85. The number of anilines is 5. The molecular weight excluding hydrogens is 272 g/mol. The van der Waals surface area contributed by atoms with Gasteiger partial charge in [0.1, 0.15) is 0 Å². The molecule has 2 aromatic rings. The average Bonchev–Trinajstić information content (AvgIpc) is 3.10. The molecule has 1 heterocycles. The van der Waals surface area contributed by atoms with Gasteiger partial charge in [0.2, 0.25) is 0 Å². The van der Waals surface area contributed by atoms with Crippen molar-refractivity contribution < 1.29 is 0 Å². The molecule has 0 unspecified atom stereocenters. The highest BCUT2D eigenvalue weighted by Crippen LogP contribution is 2.28. The molecule has 0 saturated carbocycles. The predicted molar refractivity (Wildman–Crippen MR) is 96.7 cm³/mol. The fourth-order valence-corrected chi connectivity index (χ4v) is 2.94. The molecule has 0 atom stereocenters. The quantitative estimate of drug-likeness (QED) is 0.776. The minimum Gasteiger partial charge on any atom is -0.386 e. The predicted octanol–water partition coefficient (Wildman–Crippen LogP) is 4.11. The molecule has 0 radical (unpaired) electrons. The van der Waals surface area contributed by atoms with Gasteiger partial charge in [0.05, 0.1) is 11.4 Å². The van der Waals surface area contributed by atoms with Crippen LogP contribution in [0.5, 0.6) is 0 Å². The normalized spacial score (nSPS) is 14.0. The second kappa shape index (κ2) is 6.60. The number of nitrogens with one attached hydrogen (secondary N) is 3. The lowest BCUT2D eigenvalue weighted by Crippen LogP contribution is -2.17. The highest BCUT2D eigenvalue weighted by atomic mass is 15.1. The largest absolute Gasteiger partial charge is 0.386 e.